The van der Waals surface area contributed by atoms with Crippen molar-refractivity contribution in [2.24, 2.45) is 0 Å². The summed E-state index contributed by atoms with van der Waals surface area (Å²) >= 11 is 2.96. The Kier molecular flexibility index (Phi) is 3.73. The van der Waals surface area contributed by atoms with Crippen molar-refractivity contribution in [2.45, 2.75) is 13.3 Å². The molecule has 1 heterocycles. The molecule has 0 aliphatic rings. The van der Waals surface area contributed by atoms with Crippen molar-refractivity contribution in [2.75, 3.05) is 7.11 Å². The number of pyridine rings is 1. The number of halogens is 3. The first kappa shape index (κ1) is 12.0. The fraction of sp³-hybridized carbons (Fsp3) is 0.333. The van der Waals surface area contributed by atoms with Crippen LogP contribution in [0.3, 0.4) is 0 Å². The number of carbonyl (C=O) groups excluding carboxylic acids is 1. The molecular formula is C9H8BrF2NO2. The predicted molar refractivity (Wildman–Crippen MR) is 53.0 cm³/mol. The Morgan fingerprint density at radius 1 is 1.60 bits per heavy atom. The SMILES string of the molecule is COC(=O)c1c(C)cc(C(F)F)nc1Br. The van der Waals surface area contributed by atoms with Crippen LogP contribution in [-0.2, 0) is 4.74 Å². The van der Waals surface area contributed by atoms with Gasteiger partial charge >= 0.3 is 5.97 Å². The van der Waals surface area contributed by atoms with Crippen LogP contribution in [-0.4, -0.2) is 18.1 Å². The average Bonchev–Trinajstić information content (AvgIpc) is 2.16. The number of carbonyl (C=O) groups is 1. The number of esters is 1. The van der Waals surface area contributed by atoms with Gasteiger partial charge < -0.3 is 4.74 Å². The summed E-state index contributed by atoms with van der Waals surface area (Å²) in [6.45, 7) is 1.55. The summed E-state index contributed by atoms with van der Waals surface area (Å²) in [5.41, 5.74) is 0.202. The minimum atomic E-state index is -2.66. The van der Waals surface area contributed by atoms with Gasteiger partial charge in [-0.3, -0.25) is 0 Å². The summed E-state index contributed by atoms with van der Waals surface area (Å²) in [5, 5.41) is 0. The van der Waals surface area contributed by atoms with Gasteiger partial charge in [-0.15, -0.1) is 0 Å². The minimum Gasteiger partial charge on any atom is -0.465 e. The molecular weight excluding hydrogens is 272 g/mol. The molecule has 0 saturated heterocycles. The Morgan fingerprint density at radius 3 is 2.60 bits per heavy atom. The molecule has 0 fully saturated rings. The van der Waals surface area contributed by atoms with Gasteiger partial charge in [-0.25, -0.2) is 18.6 Å². The van der Waals surface area contributed by atoms with Crippen LogP contribution in [0.4, 0.5) is 8.78 Å². The van der Waals surface area contributed by atoms with Crippen molar-refractivity contribution < 1.29 is 18.3 Å². The van der Waals surface area contributed by atoms with Crippen LogP contribution in [0.1, 0.15) is 28.0 Å². The van der Waals surface area contributed by atoms with Crippen LogP contribution in [0.25, 0.3) is 0 Å². The topological polar surface area (TPSA) is 39.2 Å². The Labute approximate surface area is 93.6 Å². The standard InChI is InChI=1S/C9H8BrF2NO2/c1-4-3-5(8(11)12)13-7(10)6(4)9(14)15-2/h3,8H,1-2H3. The number of methoxy groups -OCH3 is 1. The molecule has 0 spiro atoms. The highest BCUT2D eigenvalue weighted by Crippen LogP contribution is 2.25. The Hall–Kier alpha value is -1.04. The molecule has 0 aromatic carbocycles. The van der Waals surface area contributed by atoms with Crippen LogP contribution >= 0.6 is 15.9 Å². The van der Waals surface area contributed by atoms with E-state index in [0.29, 0.717) is 5.56 Å². The molecule has 1 aromatic rings. The Balaban J connectivity index is 3.27. The Bertz CT molecular complexity index is 373. The number of hydrogen-bond acceptors (Lipinski definition) is 3. The van der Waals surface area contributed by atoms with Gasteiger partial charge in [0.1, 0.15) is 10.3 Å². The quantitative estimate of drug-likeness (QED) is 0.617. The maximum absolute atomic E-state index is 12.3. The van der Waals surface area contributed by atoms with Gasteiger partial charge in [0.2, 0.25) is 0 Å². The maximum atomic E-state index is 12.3. The molecule has 0 radical (unpaired) electrons. The van der Waals surface area contributed by atoms with Gasteiger partial charge in [-0.2, -0.15) is 0 Å². The molecule has 1 aromatic heterocycles. The van der Waals surface area contributed by atoms with Crippen molar-refractivity contribution in [3.63, 3.8) is 0 Å². The summed E-state index contributed by atoms with van der Waals surface area (Å²) in [5.74, 6) is -0.604. The van der Waals surface area contributed by atoms with E-state index in [0.717, 1.165) is 0 Å². The monoisotopic (exact) mass is 279 g/mol. The smallest absolute Gasteiger partial charge is 0.340 e. The number of ether oxygens (including phenoxy) is 1. The summed E-state index contributed by atoms with van der Waals surface area (Å²) in [6.07, 6.45) is -2.66. The number of aryl methyl sites for hydroxylation is 1. The summed E-state index contributed by atoms with van der Waals surface area (Å²) in [6, 6.07) is 1.17. The zero-order valence-electron chi connectivity index (χ0n) is 8.05. The largest absolute Gasteiger partial charge is 0.465 e. The molecule has 3 nitrogen and oxygen atoms in total. The zero-order valence-corrected chi connectivity index (χ0v) is 9.64. The van der Waals surface area contributed by atoms with E-state index in [-0.39, 0.29) is 15.9 Å². The lowest BCUT2D eigenvalue weighted by Crippen LogP contribution is -2.08. The minimum absolute atomic E-state index is 0.0738. The number of alkyl halides is 2. The molecule has 0 unspecified atom stereocenters. The molecule has 0 atom stereocenters. The third-order valence-corrected chi connectivity index (χ3v) is 2.38. The van der Waals surface area contributed by atoms with E-state index in [2.05, 4.69) is 25.7 Å². The Morgan fingerprint density at radius 2 is 2.20 bits per heavy atom. The number of aromatic nitrogens is 1. The summed E-state index contributed by atoms with van der Waals surface area (Å²) < 4.78 is 29.3. The van der Waals surface area contributed by atoms with Crippen LogP contribution in [0.15, 0.2) is 10.7 Å². The second-order valence-corrected chi connectivity index (χ2v) is 3.57. The molecule has 0 bridgehead atoms. The third-order valence-electron chi connectivity index (χ3n) is 1.81. The molecule has 15 heavy (non-hydrogen) atoms. The summed E-state index contributed by atoms with van der Waals surface area (Å²) in [4.78, 5) is 14.8. The van der Waals surface area contributed by atoms with Gasteiger partial charge in [0.25, 0.3) is 6.43 Å². The lowest BCUT2D eigenvalue weighted by atomic mass is 10.1. The molecule has 0 aliphatic heterocycles. The van der Waals surface area contributed by atoms with Gasteiger partial charge in [0, 0.05) is 0 Å². The van der Waals surface area contributed by atoms with E-state index in [9.17, 15) is 13.6 Å². The highest BCUT2D eigenvalue weighted by atomic mass is 79.9. The van der Waals surface area contributed by atoms with E-state index >= 15 is 0 Å². The molecule has 0 N–H and O–H groups in total. The summed E-state index contributed by atoms with van der Waals surface area (Å²) in [7, 11) is 1.22. The van der Waals surface area contributed by atoms with E-state index in [1.807, 2.05) is 0 Å². The second-order valence-electron chi connectivity index (χ2n) is 2.82. The lowest BCUT2D eigenvalue weighted by Gasteiger charge is -2.08. The first-order valence-corrected chi connectivity index (χ1v) is 4.80. The van der Waals surface area contributed by atoms with E-state index in [1.165, 1.54) is 13.2 Å². The zero-order chi connectivity index (χ0) is 11.6. The highest BCUT2D eigenvalue weighted by Gasteiger charge is 2.19. The van der Waals surface area contributed by atoms with Crippen LogP contribution < -0.4 is 0 Å². The number of nitrogens with zero attached hydrogens (tertiary/aromatic N) is 1. The fourth-order valence-corrected chi connectivity index (χ4v) is 1.80. The molecule has 0 saturated carbocycles. The third kappa shape index (κ3) is 2.50. The van der Waals surface area contributed by atoms with Crippen LogP contribution in [0, 0.1) is 6.92 Å². The van der Waals surface area contributed by atoms with E-state index in [4.69, 9.17) is 0 Å². The molecule has 1 rings (SSSR count). The molecule has 82 valence electrons. The molecule has 6 heteroatoms. The van der Waals surface area contributed by atoms with Crippen molar-refractivity contribution in [3.05, 3.63) is 27.5 Å². The molecule has 0 amide bonds. The number of hydrogen-bond donors (Lipinski definition) is 0. The van der Waals surface area contributed by atoms with Crippen molar-refractivity contribution in [3.8, 4) is 0 Å². The van der Waals surface area contributed by atoms with Gasteiger partial charge in [0.05, 0.1) is 12.7 Å². The van der Waals surface area contributed by atoms with Crippen molar-refractivity contribution in [1.29, 1.82) is 0 Å². The van der Waals surface area contributed by atoms with Crippen LogP contribution in [0.5, 0.6) is 0 Å². The number of rotatable bonds is 2. The lowest BCUT2D eigenvalue weighted by molar-refractivity contribution is 0.0597. The van der Waals surface area contributed by atoms with Gasteiger partial charge in [0.15, 0.2) is 0 Å². The molecule has 0 aliphatic carbocycles. The second kappa shape index (κ2) is 4.65. The average molecular weight is 280 g/mol. The predicted octanol–water partition coefficient (Wildman–Crippen LogP) is 2.88. The van der Waals surface area contributed by atoms with Crippen LogP contribution in [0.2, 0.25) is 0 Å². The fourth-order valence-electron chi connectivity index (χ4n) is 1.12. The van der Waals surface area contributed by atoms with Crippen molar-refractivity contribution >= 4 is 21.9 Å². The maximum Gasteiger partial charge on any atom is 0.340 e. The van der Waals surface area contributed by atoms with Gasteiger partial charge in [-0.1, -0.05) is 0 Å². The van der Waals surface area contributed by atoms with Crippen molar-refractivity contribution in [1.82, 2.24) is 4.98 Å². The highest BCUT2D eigenvalue weighted by molar-refractivity contribution is 9.10. The van der Waals surface area contributed by atoms with Gasteiger partial charge in [-0.05, 0) is 34.5 Å². The van der Waals surface area contributed by atoms with E-state index in [1.54, 1.807) is 6.92 Å². The normalized spacial score (nSPS) is 10.5. The van der Waals surface area contributed by atoms with E-state index < -0.39 is 12.4 Å². The first-order valence-electron chi connectivity index (χ1n) is 4.01. The first-order chi connectivity index (χ1) is 6.97.